The van der Waals surface area contributed by atoms with Gasteiger partial charge in [-0.3, -0.25) is 4.79 Å². The number of ether oxygens (including phenoxy) is 3. The van der Waals surface area contributed by atoms with E-state index in [0.717, 1.165) is 5.56 Å². The van der Waals surface area contributed by atoms with Crippen LogP contribution in [0.4, 0.5) is 0 Å². The fraction of sp³-hybridized carbons (Fsp3) is 0.267. The van der Waals surface area contributed by atoms with Gasteiger partial charge in [-0.2, -0.15) is 0 Å². The molecule has 1 aromatic heterocycles. The molecule has 22 heavy (non-hydrogen) atoms. The van der Waals surface area contributed by atoms with E-state index in [-0.39, 0.29) is 18.2 Å². The van der Waals surface area contributed by atoms with Crippen LogP contribution in [0.2, 0.25) is 0 Å². The normalized spacial score (nSPS) is 10.2. The van der Waals surface area contributed by atoms with Gasteiger partial charge in [0.1, 0.15) is 5.75 Å². The molecule has 0 aliphatic rings. The Balaban J connectivity index is 2.16. The van der Waals surface area contributed by atoms with Crippen LogP contribution in [0.5, 0.6) is 17.2 Å². The molecule has 7 heteroatoms. The highest BCUT2D eigenvalue weighted by atomic mass is 79.9. The summed E-state index contributed by atoms with van der Waals surface area (Å²) in [5.41, 5.74) is 0.763. The third-order valence-corrected chi connectivity index (χ3v) is 3.45. The van der Waals surface area contributed by atoms with Crippen molar-refractivity contribution in [2.75, 3.05) is 21.3 Å². The summed E-state index contributed by atoms with van der Waals surface area (Å²) in [4.78, 5) is 12.0. The first-order valence-electron chi connectivity index (χ1n) is 6.41. The summed E-state index contributed by atoms with van der Waals surface area (Å²) in [6.07, 6.45) is 0. The molecule has 1 aromatic carbocycles. The average molecular weight is 370 g/mol. The summed E-state index contributed by atoms with van der Waals surface area (Å²) in [5.74, 6) is 1.63. The molecular weight excluding hydrogens is 354 g/mol. The van der Waals surface area contributed by atoms with Crippen LogP contribution in [0.25, 0.3) is 0 Å². The molecule has 1 N–H and O–H groups in total. The van der Waals surface area contributed by atoms with Crippen LogP contribution < -0.4 is 19.5 Å². The minimum absolute atomic E-state index is 0.228. The fourth-order valence-corrected chi connectivity index (χ4v) is 2.24. The molecule has 1 heterocycles. The topological polar surface area (TPSA) is 69.9 Å². The van der Waals surface area contributed by atoms with E-state index in [1.54, 1.807) is 45.6 Å². The van der Waals surface area contributed by atoms with Crippen molar-refractivity contribution in [2.45, 2.75) is 6.54 Å². The second kappa shape index (κ2) is 7.22. The highest BCUT2D eigenvalue weighted by Crippen LogP contribution is 2.34. The number of carbonyl (C=O) groups excluding carboxylic acids is 1. The third kappa shape index (κ3) is 3.54. The smallest absolute Gasteiger partial charge is 0.287 e. The predicted molar refractivity (Wildman–Crippen MR) is 83.7 cm³/mol. The number of nitrogens with one attached hydrogen (secondary N) is 1. The van der Waals surface area contributed by atoms with E-state index in [4.69, 9.17) is 18.6 Å². The highest BCUT2D eigenvalue weighted by Gasteiger charge is 2.14. The van der Waals surface area contributed by atoms with E-state index in [1.165, 1.54) is 0 Å². The first kappa shape index (κ1) is 16.2. The van der Waals surface area contributed by atoms with Crippen molar-refractivity contribution in [3.8, 4) is 17.2 Å². The molecule has 2 aromatic rings. The van der Waals surface area contributed by atoms with Gasteiger partial charge in [-0.1, -0.05) is 0 Å². The lowest BCUT2D eigenvalue weighted by atomic mass is 10.1. The molecule has 0 saturated heterocycles. The molecular formula is C15H16BrNO5. The van der Waals surface area contributed by atoms with Crippen LogP contribution in [0.1, 0.15) is 16.1 Å². The van der Waals surface area contributed by atoms with Gasteiger partial charge in [-0.05, 0) is 34.1 Å². The van der Waals surface area contributed by atoms with E-state index in [2.05, 4.69) is 21.2 Å². The van der Waals surface area contributed by atoms with E-state index in [0.29, 0.717) is 21.9 Å². The van der Waals surface area contributed by atoms with Gasteiger partial charge in [0.15, 0.2) is 21.9 Å². The number of carbonyl (C=O) groups is 1. The maximum atomic E-state index is 12.0. The monoisotopic (exact) mass is 369 g/mol. The first-order chi connectivity index (χ1) is 10.6. The Labute approximate surface area is 136 Å². The van der Waals surface area contributed by atoms with Gasteiger partial charge >= 0.3 is 0 Å². The number of hydrogen-bond donors (Lipinski definition) is 1. The zero-order valence-electron chi connectivity index (χ0n) is 12.4. The van der Waals surface area contributed by atoms with Crippen LogP contribution in [0, 0.1) is 0 Å². The van der Waals surface area contributed by atoms with Crippen molar-refractivity contribution in [2.24, 2.45) is 0 Å². The number of benzene rings is 1. The Kier molecular flexibility index (Phi) is 5.32. The number of rotatable bonds is 6. The van der Waals surface area contributed by atoms with Crippen molar-refractivity contribution < 1.29 is 23.4 Å². The molecule has 1 amide bonds. The Bertz CT molecular complexity index is 668. The van der Waals surface area contributed by atoms with E-state index in [1.807, 2.05) is 0 Å². The van der Waals surface area contributed by atoms with Gasteiger partial charge in [-0.25, -0.2) is 0 Å². The second-order valence-corrected chi connectivity index (χ2v) is 5.09. The Morgan fingerprint density at radius 2 is 1.73 bits per heavy atom. The summed E-state index contributed by atoms with van der Waals surface area (Å²) in [5, 5.41) is 2.76. The number of halogens is 1. The lowest BCUT2D eigenvalue weighted by molar-refractivity contribution is 0.0921. The van der Waals surface area contributed by atoms with Gasteiger partial charge in [0.25, 0.3) is 5.91 Å². The quantitative estimate of drug-likeness (QED) is 0.847. The molecule has 0 aliphatic heterocycles. The van der Waals surface area contributed by atoms with Gasteiger partial charge < -0.3 is 23.9 Å². The Morgan fingerprint density at radius 3 is 2.27 bits per heavy atom. The van der Waals surface area contributed by atoms with Crippen LogP contribution in [0.3, 0.4) is 0 Å². The van der Waals surface area contributed by atoms with Gasteiger partial charge in [0.05, 0.1) is 21.3 Å². The van der Waals surface area contributed by atoms with Crippen LogP contribution in [0.15, 0.2) is 33.4 Å². The molecule has 0 unspecified atom stereocenters. The molecule has 0 bridgehead atoms. The zero-order valence-corrected chi connectivity index (χ0v) is 14.0. The lowest BCUT2D eigenvalue weighted by Gasteiger charge is -2.14. The van der Waals surface area contributed by atoms with Gasteiger partial charge in [-0.15, -0.1) is 0 Å². The van der Waals surface area contributed by atoms with Crippen LogP contribution in [-0.2, 0) is 6.54 Å². The SMILES string of the molecule is COc1cc(OC)c(OC)cc1CNC(=O)c1ccc(Br)o1. The zero-order chi connectivity index (χ0) is 16.1. The van der Waals surface area contributed by atoms with Crippen molar-refractivity contribution >= 4 is 21.8 Å². The summed E-state index contributed by atoms with van der Waals surface area (Å²) >= 11 is 3.16. The van der Waals surface area contributed by atoms with Crippen molar-refractivity contribution in [3.05, 3.63) is 40.3 Å². The standard InChI is InChI=1S/C15H16BrNO5/c1-19-11-7-13(21-3)12(20-2)6-9(11)8-17-15(18)10-4-5-14(16)22-10/h4-7H,8H2,1-3H3,(H,17,18). The largest absolute Gasteiger partial charge is 0.496 e. The minimum Gasteiger partial charge on any atom is -0.496 e. The molecule has 6 nitrogen and oxygen atoms in total. The van der Waals surface area contributed by atoms with Crippen LogP contribution in [-0.4, -0.2) is 27.2 Å². The Morgan fingerprint density at radius 1 is 1.09 bits per heavy atom. The maximum Gasteiger partial charge on any atom is 0.287 e. The summed E-state index contributed by atoms with van der Waals surface area (Å²) < 4.78 is 21.5. The lowest BCUT2D eigenvalue weighted by Crippen LogP contribution is -2.22. The summed E-state index contributed by atoms with van der Waals surface area (Å²) in [6, 6.07) is 6.72. The van der Waals surface area contributed by atoms with E-state index >= 15 is 0 Å². The Hall–Kier alpha value is -2.15. The molecule has 0 saturated carbocycles. The summed E-state index contributed by atoms with van der Waals surface area (Å²) in [6.45, 7) is 0.265. The second-order valence-electron chi connectivity index (χ2n) is 4.31. The molecule has 0 spiro atoms. The molecule has 0 atom stereocenters. The molecule has 0 aliphatic carbocycles. The number of amides is 1. The van der Waals surface area contributed by atoms with E-state index in [9.17, 15) is 4.79 Å². The van der Waals surface area contributed by atoms with Crippen molar-refractivity contribution in [1.29, 1.82) is 0 Å². The third-order valence-electron chi connectivity index (χ3n) is 3.02. The minimum atomic E-state index is -0.317. The van der Waals surface area contributed by atoms with E-state index < -0.39 is 0 Å². The molecule has 2 rings (SSSR count). The summed E-state index contributed by atoms with van der Waals surface area (Å²) in [7, 11) is 4.65. The molecule has 118 valence electrons. The van der Waals surface area contributed by atoms with Gasteiger partial charge in [0.2, 0.25) is 0 Å². The van der Waals surface area contributed by atoms with Crippen molar-refractivity contribution in [3.63, 3.8) is 0 Å². The van der Waals surface area contributed by atoms with Crippen molar-refractivity contribution in [1.82, 2.24) is 5.32 Å². The van der Waals surface area contributed by atoms with Crippen LogP contribution >= 0.6 is 15.9 Å². The highest BCUT2D eigenvalue weighted by molar-refractivity contribution is 9.10. The fourth-order valence-electron chi connectivity index (χ4n) is 1.93. The number of hydrogen-bond acceptors (Lipinski definition) is 5. The number of methoxy groups -OCH3 is 3. The molecule has 0 fully saturated rings. The maximum absolute atomic E-state index is 12.0. The predicted octanol–water partition coefficient (Wildman–Crippen LogP) is 3.00. The number of furan rings is 1. The van der Waals surface area contributed by atoms with Gasteiger partial charge in [0, 0.05) is 18.2 Å². The first-order valence-corrected chi connectivity index (χ1v) is 7.20. The average Bonchev–Trinajstić information content (AvgIpc) is 2.98. The molecule has 0 radical (unpaired) electrons.